The lowest BCUT2D eigenvalue weighted by Crippen LogP contribution is -2.42. The maximum Gasteiger partial charge on any atom is 0.0790 e. The van der Waals surface area contributed by atoms with E-state index in [0.717, 1.165) is 5.92 Å². The van der Waals surface area contributed by atoms with Crippen molar-refractivity contribution in [2.45, 2.75) is 64.5 Å². The van der Waals surface area contributed by atoms with Gasteiger partial charge in [0.2, 0.25) is 0 Å². The summed E-state index contributed by atoms with van der Waals surface area (Å²) < 4.78 is 0. The minimum absolute atomic E-state index is 0.480. The van der Waals surface area contributed by atoms with Crippen LogP contribution < -0.4 is 5.48 Å². The molecule has 3 heteroatoms. The molecule has 1 aliphatic carbocycles. The van der Waals surface area contributed by atoms with Crippen molar-refractivity contribution in [1.82, 2.24) is 10.4 Å². The Bertz CT molecular complexity index is 208. The van der Waals surface area contributed by atoms with E-state index in [9.17, 15) is 0 Å². The highest BCUT2D eigenvalue weighted by molar-refractivity contribution is 4.78. The molecule has 0 aromatic heterocycles. The predicted molar refractivity (Wildman–Crippen MR) is 70.8 cm³/mol. The molecule has 1 heterocycles. The first kappa shape index (κ1) is 13.3. The van der Waals surface area contributed by atoms with Crippen LogP contribution in [0.4, 0.5) is 0 Å². The van der Waals surface area contributed by atoms with Gasteiger partial charge in [-0.25, -0.2) is 0 Å². The van der Waals surface area contributed by atoms with Crippen LogP contribution in [0.15, 0.2) is 0 Å². The Kier molecular flexibility index (Phi) is 5.26. The van der Waals surface area contributed by atoms with E-state index in [4.69, 9.17) is 4.84 Å². The van der Waals surface area contributed by atoms with Gasteiger partial charge in [0.05, 0.1) is 6.10 Å². The maximum atomic E-state index is 5.81. The monoisotopic (exact) mass is 240 g/mol. The summed E-state index contributed by atoms with van der Waals surface area (Å²) in [6, 6.07) is 0.509. The molecule has 1 saturated heterocycles. The molecule has 2 rings (SSSR count). The Labute approximate surface area is 106 Å². The van der Waals surface area contributed by atoms with Gasteiger partial charge in [-0.05, 0) is 58.2 Å². The molecule has 0 aromatic carbocycles. The van der Waals surface area contributed by atoms with Crippen LogP contribution in [0, 0.1) is 5.92 Å². The van der Waals surface area contributed by atoms with Gasteiger partial charge < -0.3 is 4.90 Å². The van der Waals surface area contributed by atoms with E-state index >= 15 is 0 Å². The highest BCUT2D eigenvalue weighted by Gasteiger charge is 2.24. The first-order valence-electron chi connectivity index (χ1n) is 7.43. The molecule has 0 amide bonds. The smallest absolute Gasteiger partial charge is 0.0790 e. The quantitative estimate of drug-likeness (QED) is 0.748. The normalized spacial score (nSPS) is 26.5. The Hall–Kier alpha value is -0.120. The lowest BCUT2D eigenvalue weighted by atomic mass is 9.91. The molecule has 2 fully saturated rings. The van der Waals surface area contributed by atoms with Crippen molar-refractivity contribution in [3.63, 3.8) is 0 Å². The van der Waals surface area contributed by atoms with Gasteiger partial charge in [-0.1, -0.05) is 19.8 Å². The lowest BCUT2D eigenvalue weighted by molar-refractivity contribution is -0.0518. The minimum Gasteiger partial charge on any atom is -0.304 e. The molecule has 1 atom stereocenters. The third-order valence-electron chi connectivity index (χ3n) is 4.51. The summed E-state index contributed by atoms with van der Waals surface area (Å²) in [6.45, 7) is 8.26. The van der Waals surface area contributed by atoms with E-state index in [2.05, 4.69) is 24.2 Å². The van der Waals surface area contributed by atoms with Crippen LogP contribution >= 0.6 is 0 Å². The molecule has 1 unspecified atom stereocenters. The van der Waals surface area contributed by atoms with Crippen molar-refractivity contribution >= 4 is 0 Å². The maximum absolute atomic E-state index is 5.81. The summed E-state index contributed by atoms with van der Waals surface area (Å²) in [4.78, 5) is 8.35. The van der Waals surface area contributed by atoms with Gasteiger partial charge in [-0.3, -0.25) is 4.84 Å². The second-order valence-electron chi connectivity index (χ2n) is 5.70. The van der Waals surface area contributed by atoms with E-state index in [0.29, 0.717) is 12.1 Å². The Morgan fingerprint density at radius 2 is 1.82 bits per heavy atom. The summed E-state index contributed by atoms with van der Waals surface area (Å²) in [7, 11) is 0. The Morgan fingerprint density at radius 1 is 1.18 bits per heavy atom. The average Bonchev–Trinajstić information content (AvgIpc) is 2.89. The predicted octanol–water partition coefficient (Wildman–Crippen LogP) is 2.57. The fourth-order valence-corrected chi connectivity index (χ4v) is 3.08. The molecular weight excluding hydrogens is 212 g/mol. The summed E-state index contributed by atoms with van der Waals surface area (Å²) in [5.74, 6) is 0.791. The summed E-state index contributed by atoms with van der Waals surface area (Å²) >= 11 is 0. The summed E-state index contributed by atoms with van der Waals surface area (Å²) in [5.41, 5.74) is 3.31. The number of hydroxylamine groups is 1. The van der Waals surface area contributed by atoms with Crippen LogP contribution in [0.3, 0.4) is 0 Å². The zero-order valence-electron chi connectivity index (χ0n) is 11.5. The van der Waals surface area contributed by atoms with E-state index in [1.54, 1.807) is 0 Å². The van der Waals surface area contributed by atoms with Gasteiger partial charge in [-0.2, -0.15) is 5.48 Å². The average molecular weight is 240 g/mol. The van der Waals surface area contributed by atoms with Crippen LogP contribution in [0.2, 0.25) is 0 Å². The van der Waals surface area contributed by atoms with Gasteiger partial charge in [0.1, 0.15) is 0 Å². The molecular formula is C14H28N2O. The van der Waals surface area contributed by atoms with E-state index in [1.807, 2.05) is 0 Å². The van der Waals surface area contributed by atoms with E-state index in [-0.39, 0.29) is 0 Å². The van der Waals surface area contributed by atoms with Gasteiger partial charge in [-0.15, -0.1) is 0 Å². The summed E-state index contributed by atoms with van der Waals surface area (Å²) in [6.07, 6.45) is 8.28. The van der Waals surface area contributed by atoms with Gasteiger partial charge in [0, 0.05) is 6.04 Å². The first-order chi connectivity index (χ1) is 8.29. The molecule has 0 spiro atoms. The molecule has 1 N–H and O–H groups in total. The molecule has 100 valence electrons. The van der Waals surface area contributed by atoms with Crippen molar-refractivity contribution < 1.29 is 4.84 Å². The van der Waals surface area contributed by atoms with Crippen molar-refractivity contribution in [2.24, 2.45) is 5.92 Å². The van der Waals surface area contributed by atoms with Crippen LogP contribution in [0.25, 0.3) is 0 Å². The van der Waals surface area contributed by atoms with Crippen molar-refractivity contribution in [1.29, 1.82) is 0 Å². The number of nitrogens with zero attached hydrogens (tertiary/aromatic N) is 1. The molecule has 2 aliphatic rings. The highest BCUT2D eigenvalue weighted by atomic mass is 16.7. The second-order valence-corrected chi connectivity index (χ2v) is 5.70. The second kappa shape index (κ2) is 6.72. The molecule has 17 heavy (non-hydrogen) atoms. The Morgan fingerprint density at radius 3 is 2.41 bits per heavy atom. The van der Waals surface area contributed by atoms with Gasteiger partial charge >= 0.3 is 0 Å². The lowest BCUT2D eigenvalue weighted by Gasteiger charge is -2.34. The number of nitrogens with one attached hydrogen (secondary N) is 1. The molecule has 0 aromatic rings. The number of piperidine rings is 1. The standard InChI is InChI=1S/C14H28N2O/c1-3-16-10-8-13(9-11-16)12(2)15-17-14-6-4-5-7-14/h12-15H,3-11H2,1-2H3. The number of likely N-dealkylation sites (tertiary alicyclic amines) is 1. The first-order valence-corrected chi connectivity index (χ1v) is 7.43. The number of hydrogen-bond donors (Lipinski definition) is 1. The van der Waals surface area contributed by atoms with Crippen LogP contribution in [-0.4, -0.2) is 36.7 Å². The highest BCUT2D eigenvalue weighted by Crippen LogP contribution is 2.23. The third-order valence-corrected chi connectivity index (χ3v) is 4.51. The number of hydrogen-bond acceptors (Lipinski definition) is 3. The topological polar surface area (TPSA) is 24.5 Å². The molecule has 1 saturated carbocycles. The largest absolute Gasteiger partial charge is 0.304 e. The van der Waals surface area contributed by atoms with E-state index < -0.39 is 0 Å². The van der Waals surface area contributed by atoms with Crippen LogP contribution in [0.5, 0.6) is 0 Å². The molecule has 0 bridgehead atoms. The van der Waals surface area contributed by atoms with Crippen molar-refractivity contribution in [3.8, 4) is 0 Å². The zero-order chi connectivity index (χ0) is 12.1. The molecule has 0 radical (unpaired) electrons. The van der Waals surface area contributed by atoms with Crippen LogP contribution in [0.1, 0.15) is 52.4 Å². The molecule has 1 aliphatic heterocycles. The van der Waals surface area contributed by atoms with Crippen LogP contribution in [-0.2, 0) is 4.84 Å². The minimum atomic E-state index is 0.480. The molecule has 3 nitrogen and oxygen atoms in total. The van der Waals surface area contributed by atoms with Crippen molar-refractivity contribution in [3.05, 3.63) is 0 Å². The van der Waals surface area contributed by atoms with E-state index in [1.165, 1.54) is 58.2 Å². The summed E-state index contributed by atoms with van der Waals surface area (Å²) in [5, 5.41) is 0. The number of rotatable bonds is 5. The fraction of sp³-hybridized carbons (Fsp3) is 1.00. The fourth-order valence-electron chi connectivity index (χ4n) is 3.08. The zero-order valence-corrected chi connectivity index (χ0v) is 11.5. The Balaban J connectivity index is 1.64. The van der Waals surface area contributed by atoms with Gasteiger partial charge in [0.25, 0.3) is 0 Å². The third kappa shape index (κ3) is 3.94. The SMILES string of the molecule is CCN1CCC(C(C)NOC2CCCC2)CC1. The van der Waals surface area contributed by atoms with Gasteiger partial charge in [0.15, 0.2) is 0 Å². The van der Waals surface area contributed by atoms with Crippen molar-refractivity contribution in [2.75, 3.05) is 19.6 Å².